The normalized spacial score (nSPS) is 15.7. The number of carboxylic acids is 1. The molecule has 1 aliphatic rings. The molecule has 2 N–H and O–H groups in total. The van der Waals surface area contributed by atoms with Gasteiger partial charge in [0.15, 0.2) is 5.82 Å². The minimum atomic E-state index is -0.815. The second-order valence-electron chi connectivity index (χ2n) is 7.30. The lowest BCUT2D eigenvalue weighted by molar-refractivity contribution is -0.137. The summed E-state index contributed by atoms with van der Waals surface area (Å²) in [6.45, 7) is 6.05. The largest absolute Gasteiger partial charge is 0.481 e. The lowest BCUT2D eigenvalue weighted by Crippen LogP contribution is -2.17. The van der Waals surface area contributed by atoms with E-state index in [0.29, 0.717) is 24.9 Å². The molecule has 1 aromatic rings. The number of ether oxygens (including phenoxy) is 1. The van der Waals surface area contributed by atoms with Crippen molar-refractivity contribution in [3.8, 4) is 0 Å². The second-order valence-corrected chi connectivity index (χ2v) is 7.30. The van der Waals surface area contributed by atoms with Crippen LogP contribution in [0.1, 0.15) is 95.7 Å². The Balaban J connectivity index is 0.00000190. The van der Waals surface area contributed by atoms with Crippen molar-refractivity contribution >= 4 is 5.97 Å². The SMILES string of the molecule is CC.COCCCNCc1noc(C(CCCC2CCCCC2)CC(=O)O)n1. The van der Waals surface area contributed by atoms with Crippen LogP contribution in [0.25, 0.3) is 0 Å². The number of hydrogen-bond donors (Lipinski definition) is 2. The number of rotatable bonds is 13. The van der Waals surface area contributed by atoms with Crippen LogP contribution in [-0.2, 0) is 16.1 Å². The summed E-state index contributed by atoms with van der Waals surface area (Å²) in [4.78, 5) is 15.6. The highest BCUT2D eigenvalue weighted by atomic mass is 16.5. The van der Waals surface area contributed by atoms with E-state index in [1.54, 1.807) is 7.11 Å². The zero-order chi connectivity index (χ0) is 20.6. The molecule has 162 valence electrons. The Hall–Kier alpha value is -1.47. The van der Waals surface area contributed by atoms with Gasteiger partial charge < -0.3 is 19.7 Å². The fourth-order valence-electron chi connectivity index (χ4n) is 3.70. The van der Waals surface area contributed by atoms with Gasteiger partial charge in [0, 0.05) is 19.6 Å². The Morgan fingerprint density at radius 2 is 2.04 bits per heavy atom. The Bertz CT molecular complexity index is 516. The lowest BCUT2D eigenvalue weighted by atomic mass is 9.84. The van der Waals surface area contributed by atoms with Crippen LogP contribution in [-0.4, -0.2) is 41.5 Å². The van der Waals surface area contributed by atoms with Crippen LogP contribution in [0.4, 0.5) is 0 Å². The molecule has 1 aliphatic carbocycles. The van der Waals surface area contributed by atoms with Crippen molar-refractivity contribution in [1.82, 2.24) is 15.5 Å². The third kappa shape index (κ3) is 10.2. The quantitative estimate of drug-likeness (QED) is 0.472. The molecule has 0 bridgehead atoms. The maximum absolute atomic E-state index is 11.2. The molecule has 0 saturated heterocycles. The number of carbonyl (C=O) groups is 1. The summed E-state index contributed by atoms with van der Waals surface area (Å²) in [6.07, 6.45) is 10.7. The Morgan fingerprint density at radius 3 is 2.71 bits per heavy atom. The molecule has 0 aromatic carbocycles. The first-order chi connectivity index (χ1) is 13.7. The molecule has 28 heavy (non-hydrogen) atoms. The number of aromatic nitrogens is 2. The standard InChI is InChI=1S/C19H33N3O4.C2H6/c1-25-12-6-11-20-14-17-21-19(26-22-17)16(13-18(23)24)10-5-9-15-7-3-2-4-8-15;1-2/h15-16,20H,2-14H2,1H3,(H,23,24);1-2H3. The zero-order valence-electron chi connectivity index (χ0n) is 17.9. The van der Waals surface area contributed by atoms with Gasteiger partial charge >= 0.3 is 5.97 Å². The molecule has 7 nitrogen and oxygen atoms in total. The van der Waals surface area contributed by atoms with E-state index in [-0.39, 0.29) is 12.3 Å². The predicted octanol–water partition coefficient (Wildman–Crippen LogP) is 4.53. The van der Waals surface area contributed by atoms with Crippen molar-refractivity contribution in [2.45, 2.75) is 90.5 Å². The van der Waals surface area contributed by atoms with Gasteiger partial charge in [-0.15, -0.1) is 0 Å². The first-order valence-corrected chi connectivity index (χ1v) is 10.9. The highest BCUT2D eigenvalue weighted by molar-refractivity contribution is 5.67. The summed E-state index contributed by atoms with van der Waals surface area (Å²) in [5.41, 5.74) is 0. The monoisotopic (exact) mass is 397 g/mol. The summed E-state index contributed by atoms with van der Waals surface area (Å²) < 4.78 is 10.4. The molecule has 7 heteroatoms. The third-order valence-electron chi connectivity index (χ3n) is 5.13. The molecule has 1 fully saturated rings. The van der Waals surface area contributed by atoms with Gasteiger partial charge in [-0.2, -0.15) is 4.98 Å². The van der Waals surface area contributed by atoms with Gasteiger partial charge in [-0.25, -0.2) is 0 Å². The summed E-state index contributed by atoms with van der Waals surface area (Å²) in [7, 11) is 1.68. The Morgan fingerprint density at radius 1 is 1.29 bits per heavy atom. The first-order valence-electron chi connectivity index (χ1n) is 10.9. The van der Waals surface area contributed by atoms with E-state index in [0.717, 1.165) is 31.7 Å². The van der Waals surface area contributed by atoms with E-state index in [1.165, 1.54) is 38.5 Å². The molecule has 1 saturated carbocycles. The molecular formula is C21H39N3O4. The average molecular weight is 398 g/mol. The molecule has 1 heterocycles. The summed E-state index contributed by atoms with van der Waals surface area (Å²) in [6, 6.07) is 0. The lowest BCUT2D eigenvalue weighted by Gasteiger charge is -2.21. The molecule has 1 unspecified atom stereocenters. The first kappa shape index (κ1) is 24.6. The van der Waals surface area contributed by atoms with Crippen LogP contribution in [0, 0.1) is 5.92 Å². The molecule has 0 amide bonds. The van der Waals surface area contributed by atoms with Crippen molar-refractivity contribution in [3.05, 3.63) is 11.7 Å². The maximum Gasteiger partial charge on any atom is 0.304 e. The van der Waals surface area contributed by atoms with Crippen LogP contribution in [0.15, 0.2) is 4.52 Å². The van der Waals surface area contributed by atoms with Crippen LogP contribution < -0.4 is 5.32 Å². The van der Waals surface area contributed by atoms with Crippen molar-refractivity contribution < 1.29 is 19.2 Å². The number of methoxy groups -OCH3 is 1. The summed E-state index contributed by atoms with van der Waals surface area (Å²) in [5, 5.41) is 16.4. The molecule has 1 aromatic heterocycles. The summed E-state index contributed by atoms with van der Waals surface area (Å²) in [5.74, 6) is 0.851. The van der Waals surface area contributed by atoms with E-state index in [1.807, 2.05) is 13.8 Å². The molecule has 2 rings (SSSR count). The number of nitrogens with zero attached hydrogens (tertiary/aromatic N) is 2. The average Bonchev–Trinajstić information content (AvgIpc) is 3.18. The Labute approximate surface area is 169 Å². The van der Waals surface area contributed by atoms with Crippen molar-refractivity contribution in [3.63, 3.8) is 0 Å². The van der Waals surface area contributed by atoms with Crippen LogP contribution in [0.3, 0.4) is 0 Å². The molecule has 0 spiro atoms. The number of carboxylic acid groups (broad SMARTS) is 1. The van der Waals surface area contributed by atoms with E-state index in [2.05, 4.69) is 15.5 Å². The van der Waals surface area contributed by atoms with Crippen LogP contribution >= 0.6 is 0 Å². The summed E-state index contributed by atoms with van der Waals surface area (Å²) >= 11 is 0. The van der Waals surface area contributed by atoms with Gasteiger partial charge in [0.05, 0.1) is 13.0 Å². The van der Waals surface area contributed by atoms with Gasteiger partial charge in [0.25, 0.3) is 0 Å². The van der Waals surface area contributed by atoms with Crippen LogP contribution in [0.5, 0.6) is 0 Å². The number of nitrogens with one attached hydrogen (secondary N) is 1. The van der Waals surface area contributed by atoms with Crippen LogP contribution in [0.2, 0.25) is 0 Å². The smallest absolute Gasteiger partial charge is 0.304 e. The van der Waals surface area contributed by atoms with Crippen molar-refractivity contribution in [2.24, 2.45) is 5.92 Å². The maximum atomic E-state index is 11.2. The fraction of sp³-hybridized carbons (Fsp3) is 0.857. The fourth-order valence-corrected chi connectivity index (χ4v) is 3.70. The molecular weight excluding hydrogens is 358 g/mol. The van der Waals surface area contributed by atoms with E-state index < -0.39 is 5.97 Å². The van der Waals surface area contributed by atoms with E-state index in [4.69, 9.17) is 9.26 Å². The van der Waals surface area contributed by atoms with Crippen molar-refractivity contribution in [1.29, 1.82) is 0 Å². The number of aliphatic carboxylic acids is 1. The third-order valence-corrected chi connectivity index (χ3v) is 5.13. The van der Waals surface area contributed by atoms with Gasteiger partial charge in [0.2, 0.25) is 5.89 Å². The minimum absolute atomic E-state index is 0.0492. The highest BCUT2D eigenvalue weighted by Crippen LogP contribution is 2.31. The van der Waals surface area contributed by atoms with Gasteiger partial charge in [-0.05, 0) is 25.3 Å². The second kappa shape index (κ2) is 15.5. The number of hydrogen-bond acceptors (Lipinski definition) is 6. The molecule has 1 atom stereocenters. The van der Waals surface area contributed by atoms with Gasteiger partial charge in [0.1, 0.15) is 0 Å². The molecule has 0 aliphatic heterocycles. The van der Waals surface area contributed by atoms with E-state index >= 15 is 0 Å². The van der Waals surface area contributed by atoms with Gasteiger partial charge in [-0.3, -0.25) is 4.79 Å². The highest BCUT2D eigenvalue weighted by Gasteiger charge is 2.23. The topological polar surface area (TPSA) is 97.5 Å². The molecule has 0 radical (unpaired) electrons. The van der Waals surface area contributed by atoms with E-state index in [9.17, 15) is 9.90 Å². The zero-order valence-corrected chi connectivity index (χ0v) is 17.9. The predicted molar refractivity (Wildman–Crippen MR) is 109 cm³/mol. The van der Waals surface area contributed by atoms with Gasteiger partial charge in [-0.1, -0.05) is 63.9 Å². The van der Waals surface area contributed by atoms with Crippen molar-refractivity contribution in [2.75, 3.05) is 20.3 Å². The Kier molecular flexibility index (Phi) is 13.6. The minimum Gasteiger partial charge on any atom is -0.481 e.